The number of carbonyl (C=O) groups is 2. The molecule has 196 valence electrons. The first-order valence-electron chi connectivity index (χ1n) is 13.0. The predicted octanol–water partition coefficient (Wildman–Crippen LogP) is 5.98. The van der Waals surface area contributed by atoms with E-state index in [1.165, 1.54) is 11.8 Å². The Morgan fingerprint density at radius 2 is 1.68 bits per heavy atom. The molecule has 7 nitrogen and oxygen atoms in total. The van der Waals surface area contributed by atoms with Crippen molar-refractivity contribution in [2.24, 2.45) is 0 Å². The molecule has 0 unspecified atom stereocenters. The van der Waals surface area contributed by atoms with E-state index in [4.69, 9.17) is 14.7 Å². The minimum atomic E-state index is -0.488. The molecule has 0 saturated heterocycles. The first-order chi connectivity index (χ1) is 18.2. The van der Waals surface area contributed by atoms with Crippen LogP contribution >= 0.6 is 0 Å². The van der Waals surface area contributed by atoms with E-state index in [9.17, 15) is 9.59 Å². The Balaban J connectivity index is 1.52. The quantitative estimate of drug-likeness (QED) is 0.220. The maximum absolute atomic E-state index is 12.8. The number of nitrogens with one attached hydrogen (secondary N) is 1. The summed E-state index contributed by atoms with van der Waals surface area (Å²) in [5, 5.41) is 2.95. The maximum atomic E-state index is 12.8. The molecule has 1 amide bonds. The average molecular weight is 511 g/mol. The van der Waals surface area contributed by atoms with E-state index in [1.807, 2.05) is 82.3 Å². The third kappa shape index (κ3) is 7.44. The Kier molecular flexibility index (Phi) is 8.46. The van der Waals surface area contributed by atoms with Crippen LogP contribution in [0.5, 0.6) is 0 Å². The molecule has 1 N–H and O–H groups in total. The monoisotopic (exact) mass is 510 g/mol. The zero-order valence-corrected chi connectivity index (χ0v) is 22.5. The molecule has 0 spiro atoms. The molecule has 2 aromatic carbocycles. The van der Waals surface area contributed by atoms with Crippen molar-refractivity contribution in [2.45, 2.75) is 65.5 Å². The molecule has 0 fully saturated rings. The van der Waals surface area contributed by atoms with Crippen molar-refractivity contribution in [3.63, 3.8) is 0 Å². The summed E-state index contributed by atoms with van der Waals surface area (Å²) < 4.78 is 5.42. The average Bonchev–Trinajstić information content (AvgIpc) is 2.89. The molecular formula is C31H34N4O3. The minimum Gasteiger partial charge on any atom is -0.460 e. The van der Waals surface area contributed by atoms with E-state index >= 15 is 0 Å². The fraction of sp³-hybridized carbons (Fsp3) is 0.323. The molecule has 0 aliphatic heterocycles. The number of benzene rings is 2. The number of hydrogen-bond acceptors (Lipinski definition) is 6. The number of carbonyl (C=O) groups excluding carboxylic acids is 2. The normalized spacial score (nSPS) is 11.4. The number of unbranched alkanes of at least 4 members (excludes halogenated alkanes) is 1. The smallest absolute Gasteiger partial charge is 0.306 e. The van der Waals surface area contributed by atoms with Crippen LogP contribution in [0, 0.1) is 6.92 Å². The second-order valence-corrected chi connectivity index (χ2v) is 10.4. The SMILES string of the molecule is Cc1ccc(CNC(=O)c2cnc3nc(-c4ccccc4)c(CCCCC(=O)OC(C)(C)C)nc3c2)cc1. The van der Waals surface area contributed by atoms with Gasteiger partial charge in [-0.25, -0.2) is 15.0 Å². The molecule has 38 heavy (non-hydrogen) atoms. The third-order valence-electron chi connectivity index (χ3n) is 5.94. The topological polar surface area (TPSA) is 94.1 Å². The van der Waals surface area contributed by atoms with Crippen molar-refractivity contribution < 1.29 is 14.3 Å². The van der Waals surface area contributed by atoms with Gasteiger partial charge >= 0.3 is 5.97 Å². The van der Waals surface area contributed by atoms with E-state index in [-0.39, 0.29) is 11.9 Å². The Labute approximate surface area is 223 Å². The minimum absolute atomic E-state index is 0.198. The van der Waals surface area contributed by atoms with Crippen LogP contribution in [0.15, 0.2) is 66.9 Å². The van der Waals surface area contributed by atoms with Gasteiger partial charge in [-0.1, -0.05) is 60.2 Å². The van der Waals surface area contributed by atoms with Gasteiger partial charge in [0.1, 0.15) is 11.1 Å². The van der Waals surface area contributed by atoms with E-state index in [0.717, 1.165) is 28.9 Å². The Morgan fingerprint density at radius 1 is 0.947 bits per heavy atom. The van der Waals surface area contributed by atoms with E-state index < -0.39 is 5.60 Å². The lowest BCUT2D eigenvalue weighted by molar-refractivity contribution is -0.154. The molecule has 4 rings (SSSR count). The Bertz CT molecular complexity index is 1410. The highest BCUT2D eigenvalue weighted by molar-refractivity contribution is 5.96. The number of hydrogen-bond donors (Lipinski definition) is 1. The van der Waals surface area contributed by atoms with Crippen LogP contribution in [0.25, 0.3) is 22.4 Å². The number of aromatic nitrogens is 3. The highest BCUT2D eigenvalue weighted by atomic mass is 16.6. The number of pyridine rings is 1. The first kappa shape index (κ1) is 26.9. The summed E-state index contributed by atoms with van der Waals surface area (Å²) in [6.45, 7) is 8.06. The fourth-order valence-electron chi connectivity index (χ4n) is 4.05. The lowest BCUT2D eigenvalue weighted by atomic mass is 10.0. The second-order valence-electron chi connectivity index (χ2n) is 10.4. The van der Waals surface area contributed by atoms with E-state index in [0.29, 0.717) is 42.5 Å². The van der Waals surface area contributed by atoms with Crippen molar-refractivity contribution in [1.29, 1.82) is 0 Å². The van der Waals surface area contributed by atoms with Crippen molar-refractivity contribution in [1.82, 2.24) is 20.3 Å². The van der Waals surface area contributed by atoms with Crippen molar-refractivity contribution in [2.75, 3.05) is 0 Å². The standard InChI is InChI=1S/C31H34N4O3/c1-21-14-16-22(17-15-21)19-33-30(37)24-18-26-29(32-20-24)35-28(23-10-6-5-7-11-23)25(34-26)12-8-9-13-27(36)38-31(2,3)4/h5-7,10-11,14-18,20H,8-9,12-13,19H2,1-4H3,(H,33,37). The Morgan fingerprint density at radius 3 is 2.39 bits per heavy atom. The van der Waals surface area contributed by atoms with E-state index in [2.05, 4.69) is 10.3 Å². The Hall–Kier alpha value is -4.13. The molecular weight excluding hydrogens is 476 g/mol. The van der Waals surface area contributed by atoms with Gasteiger partial charge in [0.2, 0.25) is 0 Å². The molecule has 0 atom stereocenters. The van der Waals surface area contributed by atoms with Gasteiger partial charge in [-0.15, -0.1) is 0 Å². The number of esters is 1. The molecule has 0 aliphatic carbocycles. The molecule has 4 aromatic rings. The van der Waals surface area contributed by atoms with Crippen LogP contribution in [0.1, 0.15) is 67.2 Å². The van der Waals surface area contributed by atoms with Crippen molar-refractivity contribution in [3.05, 3.63) is 89.2 Å². The van der Waals surface area contributed by atoms with Gasteiger partial charge in [0.25, 0.3) is 5.91 Å². The van der Waals surface area contributed by atoms with Crippen LogP contribution in [0.3, 0.4) is 0 Å². The zero-order chi connectivity index (χ0) is 27.1. The largest absolute Gasteiger partial charge is 0.460 e. The highest BCUT2D eigenvalue weighted by Gasteiger charge is 2.17. The van der Waals surface area contributed by atoms with Gasteiger partial charge in [-0.05, 0) is 58.6 Å². The van der Waals surface area contributed by atoms with Gasteiger partial charge in [-0.2, -0.15) is 0 Å². The number of ether oxygens (including phenoxy) is 1. The summed E-state index contributed by atoms with van der Waals surface area (Å²) >= 11 is 0. The van der Waals surface area contributed by atoms with Crippen LogP contribution in [0.4, 0.5) is 0 Å². The molecule has 2 aromatic heterocycles. The molecule has 0 radical (unpaired) electrons. The van der Waals surface area contributed by atoms with Crippen molar-refractivity contribution >= 4 is 23.0 Å². The highest BCUT2D eigenvalue weighted by Crippen LogP contribution is 2.25. The number of amides is 1. The number of nitrogens with zero attached hydrogens (tertiary/aromatic N) is 3. The van der Waals surface area contributed by atoms with Crippen molar-refractivity contribution in [3.8, 4) is 11.3 Å². The van der Waals surface area contributed by atoms with Gasteiger partial charge < -0.3 is 10.1 Å². The summed E-state index contributed by atoms with van der Waals surface area (Å²) in [7, 11) is 0. The number of rotatable bonds is 9. The zero-order valence-electron chi connectivity index (χ0n) is 22.5. The maximum Gasteiger partial charge on any atom is 0.306 e. The van der Waals surface area contributed by atoms with Crippen LogP contribution < -0.4 is 5.32 Å². The van der Waals surface area contributed by atoms with Crippen LogP contribution in [-0.4, -0.2) is 32.4 Å². The molecule has 7 heteroatoms. The lowest BCUT2D eigenvalue weighted by Gasteiger charge is -2.19. The fourth-order valence-corrected chi connectivity index (χ4v) is 4.05. The second kappa shape index (κ2) is 11.9. The predicted molar refractivity (Wildman–Crippen MR) is 149 cm³/mol. The third-order valence-corrected chi connectivity index (χ3v) is 5.94. The summed E-state index contributed by atoms with van der Waals surface area (Å²) in [6.07, 6.45) is 3.97. The van der Waals surface area contributed by atoms with E-state index in [1.54, 1.807) is 6.07 Å². The van der Waals surface area contributed by atoms with Gasteiger partial charge in [-0.3, -0.25) is 9.59 Å². The van der Waals surface area contributed by atoms with Gasteiger partial charge in [0.05, 0.1) is 17.0 Å². The molecule has 2 heterocycles. The molecule has 0 bridgehead atoms. The lowest BCUT2D eigenvalue weighted by Crippen LogP contribution is -2.23. The summed E-state index contributed by atoms with van der Waals surface area (Å²) in [5.41, 5.74) is 5.72. The summed E-state index contributed by atoms with van der Waals surface area (Å²) in [6, 6.07) is 19.6. The van der Waals surface area contributed by atoms with Crippen LogP contribution in [-0.2, 0) is 22.5 Å². The summed E-state index contributed by atoms with van der Waals surface area (Å²) in [5.74, 6) is -0.413. The van der Waals surface area contributed by atoms with Crippen LogP contribution in [0.2, 0.25) is 0 Å². The van der Waals surface area contributed by atoms with Gasteiger partial charge in [0.15, 0.2) is 5.65 Å². The molecule has 0 aliphatic rings. The van der Waals surface area contributed by atoms with Gasteiger partial charge in [0, 0.05) is 24.7 Å². The summed E-state index contributed by atoms with van der Waals surface area (Å²) in [4.78, 5) is 39.1. The number of aryl methyl sites for hydroxylation is 2. The molecule has 0 saturated carbocycles. The number of fused-ring (bicyclic) bond motifs is 1. The first-order valence-corrected chi connectivity index (χ1v) is 13.0.